The van der Waals surface area contributed by atoms with Crippen LogP contribution >= 0.6 is 0 Å². The molecule has 32 heavy (non-hydrogen) atoms. The minimum absolute atomic E-state index is 0.0971. The second-order valence-corrected chi connectivity index (χ2v) is 9.20. The molecule has 0 amide bonds. The quantitative estimate of drug-likeness (QED) is 0.198. The van der Waals surface area contributed by atoms with Crippen LogP contribution in [0.2, 0.25) is 0 Å². The van der Waals surface area contributed by atoms with Crippen molar-refractivity contribution in [1.82, 2.24) is 0 Å². The highest BCUT2D eigenvalue weighted by Crippen LogP contribution is 2.34. The fourth-order valence-electron chi connectivity index (χ4n) is 4.70. The molecule has 2 aromatic rings. The molecule has 174 valence electrons. The van der Waals surface area contributed by atoms with Crippen molar-refractivity contribution in [2.24, 2.45) is 11.8 Å². The molecular formula is C28H36F2O2. The van der Waals surface area contributed by atoms with Crippen molar-refractivity contribution in [3.05, 3.63) is 54.1 Å². The van der Waals surface area contributed by atoms with E-state index in [1.54, 1.807) is 12.1 Å². The SMILES string of the molecule is CCCCCCCCCC1CCC(C(=O)Oc2ccc(-c3ccc(F)cc3)c(F)c2)CC1. The molecule has 0 unspecified atom stereocenters. The molecule has 0 bridgehead atoms. The number of halogens is 2. The Morgan fingerprint density at radius 3 is 2.19 bits per heavy atom. The van der Waals surface area contributed by atoms with Crippen LogP contribution < -0.4 is 4.74 Å². The van der Waals surface area contributed by atoms with Gasteiger partial charge in [0.1, 0.15) is 17.4 Å². The zero-order valence-corrected chi connectivity index (χ0v) is 19.3. The van der Waals surface area contributed by atoms with E-state index >= 15 is 0 Å². The fourth-order valence-corrected chi connectivity index (χ4v) is 4.70. The predicted molar refractivity (Wildman–Crippen MR) is 125 cm³/mol. The number of carbonyl (C=O) groups excluding carboxylic acids is 1. The maximum absolute atomic E-state index is 14.5. The molecule has 1 fully saturated rings. The van der Waals surface area contributed by atoms with Crippen LogP contribution in [0.5, 0.6) is 5.75 Å². The Morgan fingerprint density at radius 1 is 0.875 bits per heavy atom. The van der Waals surface area contributed by atoms with Gasteiger partial charge in [0.25, 0.3) is 0 Å². The molecule has 0 radical (unpaired) electrons. The van der Waals surface area contributed by atoms with Crippen LogP contribution in [-0.2, 0) is 4.79 Å². The second kappa shape index (κ2) is 12.7. The summed E-state index contributed by atoms with van der Waals surface area (Å²) in [6.07, 6.45) is 14.5. The number of ether oxygens (including phenoxy) is 1. The first-order valence-corrected chi connectivity index (χ1v) is 12.3. The van der Waals surface area contributed by atoms with Crippen LogP contribution in [0.25, 0.3) is 11.1 Å². The maximum atomic E-state index is 14.5. The first-order valence-electron chi connectivity index (χ1n) is 12.3. The summed E-state index contributed by atoms with van der Waals surface area (Å²) in [7, 11) is 0. The van der Waals surface area contributed by atoms with Gasteiger partial charge in [0.15, 0.2) is 0 Å². The van der Waals surface area contributed by atoms with Crippen LogP contribution in [0.4, 0.5) is 8.78 Å². The van der Waals surface area contributed by atoms with E-state index in [4.69, 9.17) is 4.74 Å². The zero-order valence-electron chi connectivity index (χ0n) is 19.3. The van der Waals surface area contributed by atoms with Crippen molar-refractivity contribution in [3.63, 3.8) is 0 Å². The third-order valence-corrected chi connectivity index (χ3v) is 6.71. The van der Waals surface area contributed by atoms with Gasteiger partial charge in [0.05, 0.1) is 5.92 Å². The minimum atomic E-state index is -0.486. The van der Waals surface area contributed by atoms with Gasteiger partial charge >= 0.3 is 5.97 Å². The lowest BCUT2D eigenvalue weighted by Crippen LogP contribution is -2.25. The van der Waals surface area contributed by atoms with Crippen molar-refractivity contribution in [1.29, 1.82) is 0 Å². The van der Waals surface area contributed by atoms with E-state index in [0.717, 1.165) is 31.6 Å². The normalized spacial score (nSPS) is 18.5. The van der Waals surface area contributed by atoms with Crippen molar-refractivity contribution >= 4 is 5.97 Å². The summed E-state index contributed by atoms with van der Waals surface area (Å²) in [5, 5.41) is 0. The van der Waals surface area contributed by atoms with Crippen molar-refractivity contribution in [2.75, 3.05) is 0 Å². The van der Waals surface area contributed by atoms with Gasteiger partial charge in [0.2, 0.25) is 0 Å². The standard InChI is InChI=1S/C28H36F2O2/c1-2-3-4-5-6-7-8-9-21-10-12-23(13-11-21)28(31)32-25-18-19-26(27(30)20-25)22-14-16-24(29)17-15-22/h14-21,23H,2-13H2,1H3. The van der Waals surface area contributed by atoms with Gasteiger partial charge in [-0.1, -0.05) is 70.4 Å². The molecule has 0 heterocycles. The summed E-state index contributed by atoms with van der Waals surface area (Å²) in [5.41, 5.74) is 0.941. The molecule has 4 heteroatoms. The molecule has 2 aromatic carbocycles. The highest BCUT2D eigenvalue weighted by atomic mass is 19.1. The summed E-state index contributed by atoms with van der Waals surface area (Å²) in [5.74, 6) is -0.253. The van der Waals surface area contributed by atoms with Crippen LogP contribution in [0.1, 0.15) is 84.0 Å². The Morgan fingerprint density at radius 2 is 1.53 bits per heavy atom. The molecule has 2 nitrogen and oxygen atoms in total. The topological polar surface area (TPSA) is 26.3 Å². The molecule has 3 rings (SSSR count). The van der Waals surface area contributed by atoms with Crippen LogP contribution in [0.3, 0.4) is 0 Å². The molecule has 0 N–H and O–H groups in total. The molecule has 1 saturated carbocycles. The van der Waals surface area contributed by atoms with Gasteiger partial charge in [-0.15, -0.1) is 0 Å². The number of hydrogen-bond donors (Lipinski definition) is 0. The summed E-state index contributed by atoms with van der Waals surface area (Å²) in [4.78, 5) is 12.6. The molecular weight excluding hydrogens is 406 g/mol. The van der Waals surface area contributed by atoms with E-state index < -0.39 is 5.82 Å². The summed E-state index contributed by atoms with van der Waals surface area (Å²) in [6.45, 7) is 2.25. The monoisotopic (exact) mass is 442 g/mol. The van der Waals surface area contributed by atoms with Gasteiger partial charge in [-0.3, -0.25) is 4.79 Å². The van der Waals surface area contributed by atoms with Crippen molar-refractivity contribution < 1.29 is 18.3 Å². The van der Waals surface area contributed by atoms with E-state index in [2.05, 4.69) is 6.92 Å². The first-order chi connectivity index (χ1) is 15.6. The lowest BCUT2D eigenvalue weighted by molar-refractivity contribution is -0.140. The highest BCUT2D eigenvalue weighted by molar-refractivity contribution is 5.75. The number of rotatable bonds is 11. The number of esters is 1. The van der Waals surface area contributed by atoms with Crippen LogP contribution in [-0.4, -0.2) is 5.97 Å². The van der Waals surface area contributed by atoms with Gasteiger partial charge in [0, 0.05) is 11.6 Å². The molecule has 0 atom stereocenters. The Kier molecular flexibility index (Phi) is 9.70. The van der Waals surface area contributed by atoms with E-state index in [1.807, 2.05) is 0 Å². The smallest absolute Gasteiger partial charge is 0.314 e. The average molecular weight is 443 g/mol. The lowest BCUT2D eigenvalue weighted by Gasteiger charge is -2.27. The summed E-state index contributed by atoms with van der Waals surface area (Å²) >= 11 is 0. The molecule has 0 spiro atoms. The van der Waals surface area contributed by atoms with Crippen LogP contribution in [0, 0.1) is 23.5 Å². The van der Waals surface area contributed by atoms with E-state index in [1.165, 1.54) is 81.7 Å². The summed E-state index contributed by atoms with van der Waals surface area (Å²) in [6, 6.07) is 10.1. The Bertz CT molecular complexity index is 839. The highest BCUT2D eigenvalue weighted by Gasteiger charge is 2.27. The lowest BCUT2D eigenvalue weighted by atomic mass is 9.80. The predicted octanol–water partition coefficient (Wildman–Crippen LogP) is 8.48. The molecule has 1 aliphatic carbocycles. The number of unbranched alkanes of at least 4 members (excludes halogenated alkanes) is 6. The third-order valence-electron chi connectivity index (χ3n) is 6.71. The number of hydrogen-bond acceptors (Lipinski definition) is 2. The Labute approximate surface area is 191 Å². The van der Waals surface area contributed by atoms with Crippen molar-refractivity contribution in [3.8, 4) is 16.9 Å². The molecule has 0 saturated heterocycles. The molecule has 1 aliphatic rings. The van der Waals surface area contributed by atoms with Gasteiger partial charge in [-0.25, -0.2) is 8.78 Å². The fraction of sp³-hybridized carbons (Fsp3) is 0.536. The van der Waals surface area contributed by atoms with Gasteiger partial charge in [-0.05, 0) is 61.4 Å². The largest absolute Gasteiger partial charge is 0.426 e. The number of carbonyl (C=O) groups is 1. The summed E-state index contributed by atoms with van der Waals surface area (Å²) < 4.78 is 33.1. The van der Waals surface area contributed by atoms with Gasteiger partial charge < -0.3 is 4.74 Å². The minimum Gasteiger partial charge on any atom is -0.426 e. The maximum Gasteiger partial charge on any atom is 0.314 e. The molecule has 0 aliphatic heterocycles. The zero-order chi connectivity index (χ0) is 22.8. The Balaban J connectivity index is 1.40. The van der Waals surface area contributed by atoms with E-state index in [0.29, 0.717) is 11.1 Å². The first kappa shape index (κ1) is 24.4. The van der Waals surface area contributed by atoms with E-state index in [-0.39, 0.29) is 23.5 Å². The Hall–Kier alpha value is -2.23. The number of benzene rings is 2. The third kappa shape index (κ3) is 7.43. The van der Waals surface area contributed by atoms with E-state index in [9.17, 15) is 13.6 Å². The van der Waals surface area contributed by atoms with Crippen molar-refractivity contribution in [2.45, 2.75) is 84.0 Å². The van der Waals surface area contributed by atoms with Gasteiger partial charge in [-0.2, -0.15) is 0 Å². The average Bonchev–Trinajstić information content (AvgIpc) is 2.80. The second-order valence-electron chi connectivity index (χ2n) is 9.20. The van der Waals surface area contributed by atoms with Crippen LogP contribution in [0.15, 0.2) is 42.5 Å². The molecule has 0 aromatic heterocycles.